The first kappa shape index (κ1) is 20.0. The van der Waals surface area contributed by atoms with Crippen molar-refractivity contribution < 1.29 is 9.84 Å². The SMILES string of the molecule is OC(COCCc1ccccc1)CN1CCN(C23CC4CC(CC(C4)C2)C3)CC1. The second-order valence-corrected chi connectivity index (χ2v) is 10.4. The molecule has 4 heteroatoms. The molecule has 0 radical (unpaired) electrons. The highest BCUT2D eigenvalue weighted by Crippen LogP contribution is 2.57. The first-order chi connectivity index (χ1) is 14.2. The number of aliphatic hydroxyl groups is 1. The molecule has 1 aliphatic heterocycles. The van der Waals surface area contributed by atoms with Crippen LogP contribution in [0, 0.1) is 17.8 Å². The fourth-order valence-corrected chi connectivity index (χ4v) is 7.26. The van der Waals surface area contributed by atoms with Gasteiger partial charge in [-0.2, -0.15) is 0 Å². The summed E-state index contributed by atoms with van der Waals surface area (Å²) < 4.78 is 5.74. The summed E-state index contributed by atoms with van der Waals surface area (Å²) >= 11 is 0. The molecule has 1 unspecified atom stereocenters. The number of hydrogen-bond donors (Lipinski definition) is 1. The van der Waals surface area contributed by atoms with Gasteiger partial charge in [0.2, 0.25) is 0 Å². The molecule has 1 aromatic carbocycles. The monoisotopic (exact) mass is 398 g/mol. The quantitative estimate of drug-likeness (QED) is 0.682. The van der Waals surface area contributed by atoms with Crippen LogP contribution in [0.25, 0.3) is 0 Å². The lowest BCUT2D eigenvalue weighted by atomic mass is 9.52. The van der Waals surface area contributed by atoms with Crippen LogP contribution >= 0.6 is 0 Å². The molecule has 4 nitrogen and oxygen atoms in total. The molecule has 160 valence electrons. The van der Waals surface area contributed by atoms with Crippen molar-refractivity contribution in [3.8, 4) is 0 Å². The number of piperazine rings is 1. The van der Waals surface area contributed by atoms with Gasteiger partial charge in [0, 0.05) is 38.3 Å². The molecule has 0 spiro atoms. The minimum atomic E-state index is -0.378. The number of hydrogen-bond acceptors (Lipinski definition) is 4. The van der Waals surface area contributed by atoms with Crippen LogP contribution < -0.4 is 0 Å². The van der Waals surface area contributed by atoms with E-state index in [1.807, 2.05) is 6.07 Å². The molecule has 0 amide bonds. The van der Waals surface area contributed by atoms with Gasteiger partial charge in [0.1, 0.15) is 0 Å². The van der Waals surface area contributed by atoms with Gasteiger partial charge in [-0.15, -0.1) is 0 Å². The molecule has 5 fully saturated rings. The van der Waals surface area contributed by atoms with E-state index in [1.165, 1.54) is 57.2 Å². The van der Waals surface area contributed by atoms with Crippen LogP contribution in [-0.2, 0) is 11.2 Å². The number of rotatable bonds is 8. The second kappa shape index (κ2) is 8.66. The zero-order valence-electron chi connectivity index (χ0n) is 17.8. The van der Waals surface area contributed by atoms with E-state index in [-0.39, 0.29) is 6.10 Å². The molecule has 1 heterocycles. The summed E-state index contributed by atoms with van der Waals surface area (Å²) in [5, 5.41) is 10.4. The van der Waals surface area contributed by atoms with Crippen LogP contribution in [0.5, 0.6) is 0 Å². The van der Waals surface area contributed by atoms with E-state index in [9.17, 15) is 5.11 Å². The Hall–Kier alpha value is -0.940. The Bertz CT molecular complexity index is 621. The number of β-amino-alcohol motifs (C(OH)–C–C–N with tert-alkyl or cyclic N) is 1. The van der Waals surface area contributed by atoms with Crippen LogP contribution in [0.2, 0.25) is 0 Å². The Morgan fingerprint density at radius 3 is 2.17 bits per heavy atom. The zero-order chi connectivity index (χ0) is 19.7. The summed E-state index contributed by atoms with van der Waals surface area (Å²) in [7, 11) is 0. The topological polar surface area (TPSA) is 35.9 Å². The predicted octanol–water partition coefficient (Wildman–Crippen LogP) is 3.19. The fourth-order valence-electron chi connectivity index (χ4n) is 7.26. The average Bonchev–Trinajstić information content (AvgIpc) is 2.71. The molecule has 1 atom stereocenters. The van der Waals surface area contributed by atoms with Crippen molar-refractivity contribution in [2.45, 2.75) is 56.6 Å². The molecule has 4 aliphatic carbocycles. The summed E-state index contributed by atoms with van der Waals surface area (Å²) in [6.45, 7) is 6.45. The van der Waals surface area contributed by atoms with Crippen LogP contribution in [0.4, 0.5) is 0 Å². The Morgan fingerprint density at radius 2 is 1.55 bits per heavy atom. The minimum absolute atomic E-state index is 0.378. The Labute approximate surface area is 176 Å². The number of aliphatic hydroxyl groups excluding tert-OH is 1. The van der Waals surface area contributed by atoms with E-state index in [2.05, 4.69) is 34.1 Å². The number of ether oxygens (including phenoxy) is 1. The van der Waals surface area contributed by atoms with Gasteiger partial charge in [-0.1, -0.05) is 30.3 Å². The summed E-state index contributed by atoms with van der Waals surface area (Å²) in [6, 6.07) is 10.4. The zero-order valence-corrected chi connectivity index (χ0v) is 17.8. The van der Waals surface area contributed by atoms with Crippen molar-refractivity contribution in [3.05, 3.63) is 35.9 Å². The van der Waals surface area contributed by atoms with Crippen LogP contribution in [-0.4, -0.2) is 72.5 Å². The van der Waals surface area contributed by atoms with Gasteiger partial charge in [-0.05, 0) is 68.3 Å². The maximum absolute atomic E-state index is 10.4. The molecule has 1 saturated heterocycles. The van der Waals surface area contributed by atoms with Gasteiger partial charge in [0.15, 0.2) is 0 Å². The molecular formula is C25H38N2O2. The van der Waals surface area contributed by atoms with E-state index in [4.69, 9.17) is 4.74 Å². The smallest absolute Gasteiger partial charge is 0.0900 e. The van der Waals surface area contributed by atoms with Crippen LogP contribution in [0.3, 0.4) is 0 Å². The molecule has 4 saturated carbocycles. The van der Waals surface area contributed by atoms with E-state index in [1.54, 1.807) is 0 Å². The van der Waals surface area contributed by atoms with E-state index < -0.39 is 0 Å². The van der Waals surface area contributed by atoms with Crippen molar-refractivity contribution in [2.24, 2.45) is 17.8 Å². The van der Waals surface area contributed by atoms with Gasteiger partial charge >= 0.3 is 0 Å². The summed E-state index contributed by atoms with van der Waals surface area (Å²) in [5.74, 6) is 3.07. The molecule has 4 bridgehead atoms. The lowest BCUT2D eigenvalue weighted by Crippen LogP contribution is -2.64. The van der Waals surface area contributed by atoms with Gasteiger partial charge in [0.05, 0.1) is 19.3 Å². The predicted molar refractivity (Wildman–Crippen MR) is 116 cm³/mol. The van der Waals surface area contributed by atoms with Gasteiger partial charge in [-0.25, -0.2) is 0 Å². The third kappa shape index (κ3) is 4.56. The normalized spacial score (nSPS) is 35.8. The number of benzene rings is 1. The van der Waals surface area contributed by atoms with Crippen molar-refractivity contribution >= 4 is 0 Å². The molecule has 6 rings (SSSR count). The molecule has 29 heavy (non-hydrogen) atoms. The van der Waals surface area contributed by atoms with E-state index >= 15 is 0 Å². The van der Waals surface area contributed by atoms with E-state index in [0.717, 1.165) is 43.8 Å². The van der Waals surface area contributed by atoms with Crippen LogP contribution in [0.15, 0.2) is 30.3 Å². The van der Waals surface area contributed by atoms with Crippen molar-refractivity contribution in [1.29, 1.82) is 0 Å². The van der Waals surface area contributed by atoms with Crippen molar-refractivity contribution in [3.63, 3.8) is 0 Å². The first-order valence-electron chi connectivity index (χ1n) is 12.0. The molecular weight excluding hydrogens is 360 g/mol. The van der Waals surface area contributed by atoms with Gasteiger partial charge in [-0.3, -0.25) is 9.80 Å². The average molecular weight is 399 g/mol. The third-order valence-electron chi connectivity index (χ3n) is 8.21. The minimum Gasteiger partial charge on any atom is -0.389 e. The maximum Gasteiger partial charge on any atom is 0.0900 e. The number of nitrogens with zero attached hydrogens (tertiary/aromatic N) is 2. The highest BCUT2D eigenvalue weighted by Gasteiger charge is 2.53. The van der Waals surface area contributed by atoms with Crippen LogP contribution in [0.1, 0.15) is 44.1 Å². The molecule has 0 aromatic heterocycles. The molecule has 1 aromatic rings. The second-order valence-electron chi connectivity index (χ2n) is 10.4. The third-order valence-corrected chi connectivity index (χ3v) is 8.21. The fraction of sp³-hybridized carbons (Fsp3) is 0.760. The lowest BCUT2D eigenvalue weighted by Gasteiger charge is -2.61. The van der Waals surface area contributed by atoms with E-state index in [0.29, 0.717) is 18.8 Å². The van der Waals surface area contributed by atoms with Crippen molar-refractivity contribution in [2.75, 3.05) is 45.9 Å². The Kier molecular flexibility index (Phi) is 5.97. The molecule has 5 aliphatic rings. The van der Waals surface area contributed by atoms with Gasteiger partial charge in [0.25, 0.3) is 0 Å². The maximum atomic E-state index is 10.4. The van der Waals surface area contributed by atoms with Crippen molar-refractivity contribution in [1.82, 2.24) is 9.80 Å². The highest BCUT2D eigenvalue weighted by molar-refractivity contribution is 5.14. The highest BCUT2D eigenvalue weighted by atomic mass is 16.5. The first-order valence-corrected chi connectivity index (χ1v) is 12.0. The standard InChI is InChI=1S/C25H38N2O2/c28-24(19-29-11-6-20-4-2-1-3-5-20)18-26-7-9-27(10-8-26)25-15-21-12-22(16-25)14-23(13-21)17-25/h1-5,21-24,28H,6-19H2. The Balaban J connectivity index is 1.03. The molecule has 1 N–H and O–H groups in total. The Morgan fingerprint density at radius 1 is 0.931 bits per heavy atom. The van der Waals surface area contributed by atoms with Gasteiger partial charge < -0.3 is 9.84 Å². The summed E-state index contributed by atoms with van der Waals surface area (Å²) in [5.41, 5.74) is 1.84. The summed E-state index contributed by atoms with van der Waals surface area (Å²) in [4.78, 5) is 5.30. The lowest BCUT2D eigenvalue weighted by molar-refractivity contribution is -0.103. The largest absolute Gasteiger partial charge is 0.389 e. The summed E-state index contributed by atoms with van der Waals surface area (Å²) in [6.07, 6.45) is 9.51.